The maximum atomic E-state index is 4.66. The minimum absolute atomic E-state index is 0.862. The SMILES string of the molecule is BrCCC1CCN(Cc2cn3ccccc3n2)C1. The topological polar surface area (TPSA) is 20.5 Å². The summed E-state index contributed by atoms with van der Waals surface area (Å²) in [6.45, 7) is 3.42. The molecule has 0 bridgehead atoms. The summed E-state index contributed by atoms with van der Waals surface area (Å²) in [6.07, 6.45) is 6.83. The van der Waals surface area contributed by atoms with Gasteiger partial charge in [0, 0.05) is 30.8 Å². The molecule has 1 unspecified atom stereocenters. The third-order valence-electron chi connectivity index (χ3n) is 3.69. The third-order valence-corrected chi connectivity index (χ3v) is 4.14. The summed E-state index contributed by atoms with van der Waals surface area (Å²) in [6, 6.07) is 6.13. The molecule has 1 aliphatic rings. The van der Waals surface area contributed by atoms with Gasteiger partial charge in [0.05, 0.1) is 5.69 Å². The van der Waals surface area contributed by atoms with Crippen LogP contribution in [0.5, 0.6) is 0 Å². The van der Waals surface area contributed by atoms with E-state index in [-0.39, 0.29) is 0 Å². The number of halogens is 1. The Labute approximate surface area is 116 Å². The van der Waals surface area contributed by atoms with Gasteiger partial charge < -0.3 is 4.40 Å². The molecule has 0 spiro atoms. The molecule has 3 nitrogen and oxygen atoms in total. The Morgan fingerprint density at radius 2 is 2.33 bits per heavy atom. The van der Waals surface area contributed by atoms with Crippen LogP contribution in [0.4, 0.5) is 0 Å². The highest BCUT2D eigenvalue weighted by Crippen LogP contribution is 2.21. The molecule has 0 saturated carbocycles. The number of alkyl halides is 1. The van der Waals surface area contributed by atoms with E-state index in [1.165, 1.54) is 31.6 Å². The minimum Gasteiger partial charge on any atom is -0.307 e. The van der Waals surface area contributed by atoms with Crippen LogP contribution in [0.2, 0.25) is 0 Å². The fourth-order valence-corrected chi connectivity index (χ4v) is 3.39. The van der Waals surface area contributed by atoms with Crippen LogP contribution in [0, 0.1) is 5.92 Å². The standard InChI is InChI=1S/C14H18BrN3/c15-6-4-12-5-8-17(9-12)10-13-11-18-7-2-1-3-14(18)16-13/h1-3,7,11-12H,4-6,8-10H2. The lowest BCUT2D eigenvalue weighted by atomic mass is 10.1. The lowest BCUT2D eigenvalue weighted by molar-refractivity contribution is 0.312. The van der Waals surface area contributed by atoms with Gasteiger partial charge in [-0.1, -0.05) is 22.0 Å². The van der Waals surface area contributed by atoms with Gasteiger partial charge in [-0.15, -0.1) is 0 Å². The zero-order valence-corrected chi connectivity index (χ0v) is 12.0. The Morgan fingerprint density at radius 1 is 1.39 bits per heavy atom. The quantitative estimate of drug-likeness (QED) is 0.810. The van der Waals surface area contributed by atoms with Crippen molar-refractivity contribution in [1.82, 2.24) is 14.3 Å². The number of likely N-dealkylation sites (tertiary alicyclic amines) is 1. The fraction of sp³-hybridized carbons (Fsp3) is 0.500. The number of imidazole rings is 1. The Morgan fingerprint density at radius 3 is 3.17 bits per heavy atom. The first-order valence-corrected chi connectivity index (χ1v) is 7.68. The molecule has 0 aromatic carbocycles. The van der Waals surface area contributed by atoms with Crippen LogP contribution >= 0.6 is 15.9 Å². The predicted molar refractivity (Wildman–Crippen MR) is 77.0 cm³/mol. The molecular weight excluding hydrogens is 290 g/mol. The molecule has 3 heterocycles. The van der Waals surface area contributed by atoms with Gasteiger partial charge in [0.2, 0.25) is 0 Å². The van der Waals surface area contributed by atoms with E-state index in [0.29, 0.717) is 0 Å². The second-order valence-corrected chi connectivity index (χ2v) is 5.86. The minimum atomic E-state index is 0.862. The van der Waals surface area contributed by atoms with Crippen LogP contribution in [0.3, 0.4) is 0 Å². The van der Waals surface area contributed by atoms with E-state index in [4.69, 9.17) is 0 Å². The van der Waals surface area contributed by atoms with Crippen LogP contribution in [0.15, 0.2) is 30.6 Å². The Hall–Kier alpha value is -0.870. The van der Waals surface area contributed by atoms with Crippen molar-refractivity contribution in [3.63, 3.8) is 0 Å². The van der Waals surface area contributed by atoms with Gasteiger partial charge in [-0.2, -0.15) is 0 Å². The molecule has 96 valence electrons. The number of aromatic nitrogens is 2. The van der Waals surface area contributed by atoms with Crippen molar-refractivity contribution >= 4 is 21.6 Å². The van der Waals surface area contributed by atoms with E-state index in [1.54, 1.807) is 0 Å². The molecule has 3 rings (SSSR count). The number of hydrogen-bond donors (Lipinski definition) is 0. The van der Waals surface area contributed by atoms with Gasteiger partial charge in [0.15, 0.2) is 0 Å². The Bertz CT molecular complexity index is 489. The number of rotatable bonds is 4. The normalized spacial score (nSPS) is 20.8. The van der Waals surface area contributed by atoms with Crippen LogP contribution < -0.4 is 0 Å². The largest absolute Gasteiger partial charge is 0.307 e. The predicted octanol–water partition coefficient (Wildman–Crippen LogP) is 2.94. The summed E-state index contributed by atoms with van der Waals surface area (Å²) in [7, 11) is 0. The summed E-state index contributed by atoms with van der Waals surface area (Å²) in [5.74, 6) is 0.862. The molecule has 1 saturated heterocycles. The molecule has 1 fully saturated rings. The van der Waals surface area contributed by atoms with Crippen molar-refractivity contribution in [2.75, 3.05) is 18.4 Å². The van der Waals surface area contributed by atoms with E-state index in [9.17, 15) is 0 Å². The highest BCUT2D eigenvalue weighted by molar-refractivity contribution is 9.09. The second-order valence-electron chi connectivity index (χ2n) is 5.07. The zero-order valence-electron chi connectivity index (χ0n) is 10.4. The molecule has 1 aliphatic heterocycles. The van der Waals surface area contributed by atoms with Crippen molar-refractivity contribution in [3.05, 3.63) is 36.3 Å². The lowest BCUT2D eigenvalue weighted by Gasteiger charge is -2.13. The van der Waals surface area contributed by atoms with Gasteiger partial charge in [-0.3, -0.25) is 4.90 Å². The maximum Gasteiger partial charge on any atom is 0.137 e. The average Bonchev–Trinajstić information content (AvgIpc) is 2.96. The van der Waals surface area contributed by atoms with Crippen molar-refractivity contribution in [3.8, 4) is 0 Å². The van der Waals surface area contributed by atoms with Crippen LogP contribution in [-0.2, 0) is 6.54 Å². The molecule has 0 radical (unpaired) electrons. The summed E-state index contributed by atoms with van der Waals surface area (Å²) in [5.41, 5.74) is 2.23. The first-order chi connectivity index (χ1) is 8.85. The van der Waals surface area contributed by atoms with Crippen LogP contribution in [0.1, 0.15) is 18.5 Å². The number of hydrogen-bond acceptors (Lipinski definition) is 2. The van der Waals surface area contributed by atoms with Gasteiger partial charge in [0.25, 0.3) is 0 Å². The monoisotopic (exact) mass is 307 g/mol. The van der Waals surface area contributed by atoms with E-state index in [2.05, 4.69) is 48.7 Å². The highest BCUT2D eigenvalue weighted by atomic mass is 79.9. The van der Waals surface area contributed by atoms with Gasteiger partial charge in [0.1, 0.15) is 5.65 Å². The number of fused-ring (bicyclic) bond motifs is 1. The second kappa shape index (κ2) is 5.41. The molecule has 4 heteroatoms. The molecule has 2 aromatic rings. The maximum absolute atomic E-state index is 4.66. The van der Waals surface area contributed by atoms with Crippen LogP contribution in [-0.4, -0.2) is 32.7 Å². The first-order valence-electron chi connectivity index (χ1n) is 6.56. The van der Waals surface area contributed by atoms with E-state index in [0.717, 1.165) is 23.4 Å². The molecule has 0 N–H and O–H groups in total. The van der Waals surface area contributed by atoms with Gasteiger partial charge in [-0.25, -0.2) is 4.98 Å². The zero-order chi connectivity index (χ0) is 12.4. The molecule has 0 amide bonds. The highest BCUT2D eigenvalue weighted by Gasteiger charge is 2.22. The average molecular weight is 308 g/mol. The molecule has 1 atom stereocenters. The summed E-state index contributed by atoms with van der Waals surface area (Å²) in [5, 5.41) is 1.12. The molecule has 18 heavy (non-hydrogen) atoms. The third kappa shape index (κ3) is 2.59. The summed E-state index contributed by atoms with van der Waals surface area (Å²) >= 11 is 3.54. The smallest absolute Gasteiger partial charge is 0.137 e. The molecule has 0 aliphatic carbocycles. The Balaban J connectivity index is 1.66. The molecular formula is C14H18BrN3. The molecule has 2 aromatic heterocycles. The summed E-state index contributed by atoms with van der Waals surface area (Å²) in [4.78, 5) is 7.18. The summed E-state index contributed by atoms with van der Waals surface area (Å²) < 4.78 is 2.10. The Kier molecular flexibility index (Phi) is 3.66. The van der Waals surface area contributed by atoms with Crippen molar-refractivity contribution in [2.24, 2.45) is 5.92 Å². The fourth-order valence-electron chi connectivity index (χ4n) is 2.74. The van der Waals surface area contributed by atoms with Crippen LogP contribution in [0.25, 0.3) is 5.65 Å². The van der Waals surface area contributed by atoms with Crippen molar-refractivity contribution in [1.29, 1.82) is 0 Å². The van der Waals surface area contributed by atoms with Crippen molar-refractivity contribution < 1.29 is 0 Å². The van der Waals surface area contributed by atoms with E-state index >= 15 is 0 Å². The van der Waals surface area contributed by atoms with E-state index in [1.807, 2.05) is 12.1 Å². The lowest BCUT2D eigenvalue weighted by Crippen LogP contribution is -2.20. The van der Waals surface area contributed by atoms with E-state index < -0.39 is 0 Å². The van der Waals surface area contributed by atoms with Gasteiger partial charge >= 0.3 is 0 Å². The first kappa shape index (κ1) is 12.2. The number of pyridine rings is 1. The number of nitrogens with zero attached hydrogens (tertiary/aromatic N) is 3. The van der Waals surface area contributed by atoms with Crippen molar-refractivity contribution in [2.45, 2.75) is 19.4 Å². The van der Waals surface area contributed by atoms with Gasteiger partial charge in [-0.05, 0) is 37.4 Å².